The maximum Gasteiger partial charge on any atom is 0.673 e. The first-order valence-corrected chi connectivity index (χ1v) is 8.03. The fourth-order valence-electron chi connectivity index (χ4n) is 1.54. The maximum absolute atomic E-state index is 9.75. The van der Waals surface area contributed by atoms with Crippen LogP contribution in [0.5, 0.6) is 0 Å². The summed E-state index contributed by atoms with van der Waals surface area (Å²) in [5.41, 5.74) is 4.74. The summed E-state index contributed by atoms with van der Waals surface area (Å²) in [5.74, 6) is 0. The predicted octanol–water partition coefficient (Wildman–Crippen LogP) is 5.89. The van der Waals surface area contributed by atoms with Crippen molar-refractivity contribution in [3.05, 3.63) is 20.9 Å². The third kappa shape index (κ3) is 42.5. The smallest absolute Gasteiger partial charge is 0.418 e. The Balaban J connectivity index is -0.0000000694. The van der Waals surface area contributed by atoms with E-state index in [4.69, 9.17) is 14.4 Å². The van der Waals surface area contributed by atoms with E-state index in [9.17, 15) is 51.8 Å². The Kier molecular flexibility index (Phi) is 27.8. The van der Waals surface area contributed by atoms with Gasteiger partial charge in [-0.3, -0.25) is 14.4 Å². The van der Waals surface area contributed by atoms with Gasteiger partial charge in [0.05, 0.1) is 0 Å². The SMILES string of the molecule is CC1=C(C)C(C)(C)[C]([Ru+3])=C1C.F[B-](F)(F)F.F[B-](F)(F)F.F[B-](F)(F)F.[C]=O.[C]=O.[C]=O. The molecule has 1 rings (SSSR count). The molecule has 0 fully saturated rings. The van der Waals surface area contributed by atoms with Gasteiger partial charge in [0.1, 0.15) is 0 Å². The largest absolute Gasteiger partial charge is 0.673 e. The first-order valence-electron chi connectivity index (χ1n) is 7.16. The summed E-state index contributed by atoms with van der Waals surface area (Å²) in [7, 11) is -18.0. The molecule has 3 nitrogen and oxygen atoms in total. The van der Waals surface area contributed by atoms with Gasteiger partial charge in [0.15, 0.2) is 0 Å². The predicted molar refractivity (Wildman–Crippen MR) is 92.5 cm³/mol. The zero-order valence-corrected chi connectivity index (χ0v) is 18.6. The zero-order valence-electron chi connectivity index (χ0n) is 16.8. The van der Waals surface area contributed by atoms with Gasteiger partial charge in [0.25, 0.3) is 20.4 Å². The second kappa shape index (κ2) is 20.1. The standard InChI is InChI=1S/C10H15.3CO.3BF4.Ru/c1-7-6-10(4,5)9(3)8(7)2;3*1-2;3*2-1(3,4)5;/h1-5H3;;;;;;;/q;;;;3*-1;+3. The van der Waals surface area contributed by atoms with Crippen LogP contribution in [0.2, 0.25) is 0 Å². The monoisotopic (exact) mass is 582 g/mol. The Labute approximate surface area is 188 Å². The number of carbonyl (C=O) groups excluding carboxylic acids is 3. The van der Waals surface area contributed by atoms with Crippen LogP contribution in [0, 0.1) is 5.41 Å². The average molecular weight is 581 g/mol. The van der Waals surface area contributed by atoms with E-state index in [1.165, 1.54) is 20.9 Å². The molecule has 0 spiro atoms. The molecule has 186 valence electrons. The third-order valence-corrected chi connectivity index (χ3v) is 4.65. The summed E-state index contributed by atoms with van der Waals surface area (Å²) < 4.78 is 118. The summed E-state index contributed by atoms with van der Waals surface area (Å²) in [6.07, 6.45) is 0. The fourth-order valence-corrected chi connectivity index (χ4v) is 2.19. The molecule has 0 saturated carbocycles. The van der Waals surface area contributed by atoms with Crippen molar-refractivity contribution in [2.24, 2.45) is 5.41 Å². The summed E-state index contributed by atoms with van der Waals surface area (Å²) in [4.78, 5) is 22.5. The first-order chi connectivity index (χ1) is 13.9. The minimum absolute atomic E-state index is 0.283. The van der Waals surface area contributed by atoms with E-state index in [2.05, 4.69) is 73.3 Å². The molecule has 0 amide bonds. The van der Waals surface area contributed by atoms with Crippen LogP contribution in [0.1, 0.15) is 34.6 Å². The zero-order chi connectivity index (χ0) is 28.3. The van der Waals surface area contributed by atoms with Crippen LogP contribution in [0.3, 0.4) is 0 Å². The summed E-state index contributed by atoms with van der Waals surface area (Å²) in [6, 6.07) is 0. The van der Waals surface area contributed by atoms with Gasteiger partial charge in [-0.05, 0) is 0 Å². The topological polar surface area (TPSA) is 51.2 Å². The molecule has 0 unspecified atom stereocenters. The van der Waals surface area contributed by atoms with Gasteiger partial charge in [-0.15, -0.1) is 0 Å². The maximum atomic E-state index is 9.75. The Hall–Kier alpha value is -1.53. The normalized spacial score (nSPS) is 14.0. The van der Waals surface area contributed by atoms with Crippen LogP contribution >= 0.6 is 0 Å². The molecule has 0 aromatic carbocycles. The minimum Gasteiger partial charge on any atom is -0.418 e. The van der Waals surface area contributed by atoms with Crippen molar-refractivity contribution in [1.82, 2.24) is 0 Å². The molecule has 6 radical (unpaired) electrons. The van der Waals surface area contributed by atoms with E-state index in [0.717, 1.165) is 0 Å². The van der Waals surface area contributed by atoms with Gasteiger partial charge < -0.3 is 51.8 Å². The van der Waals surface area contributed by atoms with Crippen LogP contribution in [0.25, 0.3) is 0 Å². The van der Waals surface area contributed by atoms with Gasteiger partial charge in [-0.1, -0.05) is 0 Å². The van der Waals surface area contributed by atoms with Crippen LogP contribution in [0.15, 0.2) is 20.9 Å². The molecule has 0 atom stereocenters. The number of hydrogen-bond acceptors (Lipinski definition) is 3. The van der Waals surface area contributed by atoms with E-state index < -0.39 is 21.8 Å². The minimum atomic E-state index is -6.00. The quantitative estimate of drug-likeness (QED) is 0.265. The van der Waals surface area contributed by atoms with Crippen LogP contribution < -0.4 is 0 Å². The molecule has 32 heavy (non-hydrogen) atoms. The van der Waals surface area contributed by atoms with Gasteiger partial charge >= 0.3 is 101 Å². The van der Waals surface area contributed by atoms with E-state index in [-0.39, 0.29) is 5.41 Å². The molecule has 1 aliphatic carbocycles. The molecule has 0 aromatic rings. The van der Waals surface area contributed by atoms with E-state index in [0.29, 0.717) is 0 Å². The Morgan fingerprint density at radius 2 is 0.719 bits per heavy atom. The van der Waals surface area contributed by atoms with E-state index >= 15 is 0 Å². The van der Waals surface area contributed by atoms with Crippen molar-refractivity contribution < 1.29 is 84.5 Å². The summed E-state index contributed by atoms with van der Waals surface area (Å²) in [5, 5.41) is 0. The molecule has 0 heterocycles. The van der Waals surface area contributed by atoms with Gasteiger partial charge in [-0.2, -0.15) is 0 Å². The van der Waals surface area contributed by atoms with Crippen LogP contribution in [-0.2, 0) is 32.7 Å². The van der Waals surface area contributed by atoms with E-state index in [1.807, 2.05) is 0 Å². The molecule has 0 N–H and O–H groups in total. The van der Waals surface area contributed by atoms with Crippen molar-refractivity contribution in [2.75, 3.05) is 0 Å². The Morgan fingerprint density at radius 3 is 0.750 bits per heavy atom. The molecule has 0 bridgehead atoms. The number of halogens is 12. The molecule has 0 aromatic heterocycles. The van der Waals surface area contributed by atoms with Gasteiger partial charge in [0.2, 0.25) is 0 Å². The third-order valence-electron chi connectivity index (χ3n) is 2.92. The second-order valence-corrected chi connectivity index (χ2v) is 6.16. The Morgan fingerprint density at radius 1 is 0.562 bits per heavy atom. The molecule has 1 aliphatic rings. The van der Waals surface area contributed by atoms with Crippen molar-refractivity contribution >= 4 is 42.1 Å². The van der Waals surface area contributed by atoms with Gasteiger partial charge in [0, 0.05) is 0 Å². The fraction of sp³-hybridized carbons (Fsp3) is 0.462. The van der Waals surface area contributed by atoms with Crippen LogP contribution in [0.4, 0.5) is 51.8 Å². The molecule has 0 saturated heterocycles. The summed E-state index contributed by atoms with van der Waals surface area (Å²) in [6.45, 7) is 24.7. The molecular formula is C13H15B3F12O3Ru. The number of rotatable bonds is 0. The van der Waals surface area contributed by atoms with Crippen molar-refractivity contribution in [3.8, 4) is 0 Å². The average Bonchev–Trinajstić information content (AvgIpc) is 2.71. The first kappa shape index (κ1) is 44.2. The van der Waals surface area contributed by atoms with Crippen molar-refractivity contribution in [3.63, 3.8) is 0 Å². The Bertz CT molecular complexity index is 484. The molecular weight excluding hydrogens is 566 g/mol. The van der Waals surface area contributed by atoms with Crippen LogP contribution in [-0.4, -0.2) is 42.1 Å². The second-order valence-electron chi connectivity index (χ2n) is 5.29. The number of allylic oxidation sites excluding steroid dienone is 4. The van der Waals surface area contributed by atoms with Crippen molar-refractivity contribution in [2.45, 2.75) is 34.6 Å². The van der Waals surface area contributed by atoms with E-state index in [1.54, 1.807) is 0 Å². The molecule has 19 heteroatoms. The number of hydrogen-bond donors (Lipinski definition) is 0. The molecule has 0 aliphatic heterocycles. The van der Waals surface area contributed by atoms with Crippen molar-refractivity contribution in [1.29, 1.82) is 0 Å². The summed E-state index contributed by atoms with van der Waals surface area (Å²) >= 11 is 2.77. The van der Waals surface area contributed by atoms with Gasteiger partial charge in [-0.25, -0.2) is 0 Å².